The zero-order valence-corrected chi connectivity index (χ0v) is 17.6. The third kappa shape index (κ3) is 5.52. The molecule has 4 rings (SSSR count). The van der Waals surface area contributed by atoms with E-state index in [9.17, 15) is 14.0 Å². The molecule has 162 valence electrons. The van der Waals surface area contributed by atoms with Crippen LogP contribution in [0.2, 0.25) is 0 Å². The number of nitrogens with zero attached hydrogens (tertiary/aromatic N) is 1. The Hall–Kier alpha value is -2.68. The first kappa shape index (κ1) is 21.5. The van der Waals surface area contributed by atoms with Crippen molar-refractivity contribution in [2.75, 3.05) is 6.61 Å². The Kier molecular flexibility index (Phi) is 7.01. The maximum absolute atomic E-state index is 13.8. The second-order valence-corrected chi connectivity index (χ2v) is 8.77. The molecule has 0 aliphatic carbocycles. The van der Waals surface area contributed by atoms with Crippen molar-refractivity contribution in [2.45, 2.75) is 36.4 Å². The average Bonchev–Trinajstić information content (AvgIpc) is 3.19. The van der Waals surface area contributed by atoms with Gasteiger partial charge >= 0.3 is 5.69 Å². The fourth-order valence-electron chi connectivity index (χ4n) is 3.52. The average molecular weight is 443 g/mol. The zero-order chi connectivity index (χ0) is 21.6. The number of ether oxygens (including phenoxy) is 2. The summed E-state index contributed by atoms with van der Waals surface area (Å²) in [4.78, 5) is 25.6. The van der Waals surface area contributed by atoms with Gasteiger partial charge in [0, 0.05) is 6.42 Å². The highest BCUT2D eigenvalue weighted by molar-refractivity contribution is 8.00. The minimum Gasteiger partial charge on any atom is -0.376 e. The van der Waals surface area contributed by atoms with Gasteiger partial charge in [-0.3, -0.25) is 14.3 Å². The van der Waals surface area contributed by atoms with E-state index in [1.807, 2.05) is 65.6 Å². The monoisotopic (exact) mass is 442 g/mol. The topological polar surface area (TPSA) is 73.3 Å². The van der Waals surface area contributed by atoms with E-state index >= 15 is 0 Å². The first-order valence-corrected chi connectivity index (χ1v) is 11.0. The number of halogens is 1. The summed E-state index contributed by atoms with van der Waals surface area (Å²) < 4.78 is 27.1. The van der Waals surface area contributed by atoms with Gasteiger partial charge in [0.15, 0.2) is 0 Å². The Balaban J connectivity index is 1.46. The van der Waals surface area contributed by atoms with Crippen LogP contribution in [0.1, 0.15) is 22.9 Å². The van der Waals surface area contributed by atoms with Crippen LogP contribution < -0.4 is 11.2 Å². The lowest BCUT2D eigenvalue weighted by Crippen LogP contribution is -2.32. The molecule has 1 N–H and O–H groups in total. The maximum Gasteiger partial charge on any atom is 0.329 e. The molecule has 0 amide bonds. The minimum atomic E-state index is -1.01. The lowest BCUT2D eigenvalue weighted by Gasteiger charge is -2.19. The van der Waals surface area contributed by atoms with Crippen molar-refractivity contribution in [1.29, 1.82) is 0 Å². The van der Waals surface area contributed by atoms with Gasteiger partial charge in [0.2, 0.25) is 5.82 Å². The normalized spacial score (nSPS) is 20.7. The van der Waals surface area contributed by atoms with Crippen molar-refractivity contribution >= 4 is 11.8 Å². The summed E-state index contributed by atoms with van der Waals surface area (Å²) in [7, 11) is 0. The van der Waals surface area contributed by atoms with Crippen molar-refractivity contribution in [3.8, 4) is 0 Å². The van der Waals surface area contributed by atoms with Crippen molar-refractivity contribution in [2.24, 2.45) is 0 Å². The van der Waals surface area contributed by atoms with E-state index in [1.165, 1.54) is 16.3 Å². The largest absolute Gasteiger partial charge is 0.376 e. The number of nitrogens with one attached hydrogen (secondary N) is 1. The van der Waals surface area contributed by atoms with Crippen LogP contribution in [0.5, 0.6) is 0 Å². The Bertz CT molecular complexity index is 1100. The van der Waals surface area contributed by atoms with Crippen LogP contribution in [0.4, 0.5) is 4.39 Å². The zero-order valence-electron chi connectivity index (χ0n) is 16.8. The lowest BCUT2D eigenvalue weighted by molar-refractivity contribution is 0.0134. The number of thioether (sulfide) groups is 1. The van der Waals surface area contributed by atoms with E-state index in [4.69, 9.17) is 9.47 Å². The number of aromatic nitrogens is 2. The first-order valence-electron chi connectivity index (χ1n) is 10.0. The van der Waals surface area contributed by atoms with Crippen LogP contribution in [0.25, 0.3) is 0 Å². The number of rotatable bonds is 8. The van der Waals surface area contributed by atoms with Gasteiger partial charge in [-0.2, -0.15) is 4.39 Å². The van der Waals surface area contributed by atoms with E-state index in [2.05, 4.69) is 0 Å². The number of hydrogen-bond acceptors (Lipinski definition) is 5. The van der Waals surface area contributed by atoms with E-state index < -0.39 is 17.1 Å². The molecule has 0 bridgehead atoms. The van der Waals surface area contributed by atoms with Crippen molar-refractivity contribution in [1.82, 2.24) is 9.55 Å². The fourth-order valence-corrected chi connectivity index (χ4v) is 5.05. The predicted octanol–water partition coefficient (Wildman–Crippen LogP) is 3.48. The van der Waals surface area contributed by atoms with E-state index in [0.29, 0.717) is 26.2 Å². The van der Waals surface area contributed by atoms with Gasteiger partial charge in [0.25, 0.3) is 5.56 Å². The minimum absolute atomic E-state index is 0.0423. The molecule has 2 aromatic carbocycles. The molecule has 8 heteroatoms. The molecule has 3 atom stereocenters. The molecule has 31 heavy (non-hydrogen) atoms. The SMILES string of the molecule is O=c1[nH]c(=O)n([C@@H]2C[C@H](OCc3ccccc3)[C@@H](COCc3ccccc3)S2)cc1F. The molecule has 1 aromatic heterocycles. The molecule has 6 nitrogen and oxygen atoms in total. The van der Waals surface area contributed by atoms with Crippen molar-refractivity contribution in [3.05, 3.63) is 105 Å². The number of H-pyrrole nitrogens is 1. The molecule has 1 aliphatic heterocycles. The summed E-state index contributed by atoms with van der Waals surface area (Å²) in [5.74, 6) is -0.981. The number of hydrogen-bond donors (Lipinski definition) is 1. The second-order valence-electron chi connectivity index (χ2n) is 7.34. The molecule has 1 saturated heterocycles. The summed E-state index contributed by atoms with van der Waals surface area (Å²) in [6.07, 6.45) is 1.29. The molecule has 0 unspecified atom stereocenters. The molecule has 2 heterocycles. The van der Waals surface area contributed by atoms with E-state index in [-0.39, 0.29) is 16.7 Å². The summed E-state index contributed by atoms with van der Waals surface area (Å²) >= 11 is 1.50. The molecule has 0 radical (unpaired) electrons. The van der Waals surface area contributed by atoms with Crippen molar-refractivity contribution < 1.29 is 13.9 Å². The highest BCUT2D eigenvalue weighted by Gasteiger charge is 2.37. The number of benzene rings is 2. The third-order valence-electron chi connectivity index (χ3n) is 5.12. The van der Waals surface area contributed by atoms with Crippen LogP contribution in [0.3, 0.4) is 0 Å². The fraction of sp³-hybridized carbons (Fsp3) is 0.304. The van der Waals surface area contributed by atoms with E-state index in [0.717, 1.165) is 17.3 Å². The Morgan fingerprint density at radius 2 is 1.65 bits per heavy atom. The summed E-state index contributed by atoms with van der Waals surface area (Å²) in [5, 5.41) is -0.399. The predicted molar refractivity (Wildman–Crippen MR) is 117 cm³/mol. The maximum atomic E-state index is 13.8. The van der Waals surface area contributed by atoms with Crippen LogP contribution in [0.15, 0.2) is 76.4 Å². The Morgan fingerprint density at radius 3 is 2.32 bits per heavy atom. The Labute approximate surface area is 183 Å². The standard InChI is InChI=1S/C23H23FN2O4S/c24-18-12-26(23(28)25-22(18)27)21-11-19(30-14-17-9-5-2-6-10-17)20(31-21)15-29-13-16-7-3-1-4-8-16/h1-10,12,19-21H,11,13-15H2,(H,25,27,28)/t19-,20+,21-/m0/s1. The quantitative estimate of drug-likeness (QED) is 0.578. The van der Waals surface area contributed by atoms with Crippen LogP contribution in [-0.4, -0.2) is 27.5 Å². The van der Waals surface area contributed by atoms with Crippen LogP contribution >= 0.6 is 11.8 Å². The molecule has 0 saturated carbocycles. The molecular weight excluding hydrogens is 419 g/mol. The van der Waals surface area contributed by atoms with Crippen LogP contribution in [0, 0.1) is 5.82 Å². The van der Waals surface area contributed by atoms with Crippen molar-refractivity contribution in [3.63, 3.8) is 0 Å². The van der Waals surface area contributed by atoms with Gasteiger partial charge in [-0.15, -0.1) is 11.8 Å². The van der Waals surface area contributed by atoms with Gasteiger partial charge in [-0.1, -0.05) is 60.7 Å². The molecule has 1 fully saturated rings. The first-order chi connectivity index (χ1) is 15.1. The lowest BCUT2D eigenvalue weighted by atomic mass is 10.1. The number of aromatic amines is 1. The van der Waals surface area contributed by atoms with Gasteiger partial charge < -0.3 is 9.47 Å². The van der Waals surface area contributed by atoms with Crippen LogP contribution in [-0.2, 0) is 22.7 Å². The molecule has 1 aliphatic rings. The second kappa shape index (κ2) is 10.1. The molecule has 0 spiro atoms. The summed E-state index contributed by atoms with van der Waals surface area (Å²) in [6, 6.07) is 19.7. The van der Waals surface area contributed by atoms with Gasteiger partial charge in [-0.25, -0.2) is 4.79 Å². The summed E-state index contributed by atoms with van der Waals surface area (Å²) in [5.41, 5.74) is 0.482. The third-order valence-corrected chi connectivity index (χ3v) is 6.64. The Morgan fingerprint density at radius 1 is 1.00 bits per heavy atom. The van der Waals surface area contributed by atoms with Gasteiger partial charge in [-0.05, 0) is 11.1 Å². The van der Waals surface area contributed by atoms with Gasteiger partial charge in [0.1, 0.15) is 0 Å². The highest BCUT2D eigenvalue weighted by Crippen LogP contribution is 2.42. The smallest absolute Gasteiger partial charge is 0.329 e. The van der Waals surface area contributed by atoms with E-state index in [1.54, 1.807) is 0 Å². The molecule has 3 aromatic rings. The summed E-state index contributed by atoms with van der Waals surface area (Å²) in [6.45, 7) is 1.33. The highest BCUT2D eigenvalue weighted by atomic mass is 32.2. The molecular formula is C23H23FN2O4S. The van der Waals surface area contributed by atoms with Gasteiger partial charge in [0.05, 0.1) is 42.7 Å².